The van der Waals surface area contributed by atoms with Crippen LogP contribution in [0.15, 0.2) is 0 Å². The van der Waals surface area contributed by atoms with Gasteiger partial charge in [-0.05, 0) is 19.8 Å². The molecular weight excluding hydrogens is 274 g/mol. The van der Waals surface area contributed by atoms with E-state index in [4.69, 9.17) is 4.84 Å². The highest BCUT2D eigenvalue weighted by molar-refractivity contribution is 7.81. The van der Waals surface area contributed by atoms with E-state index >= 15 is 0 Å². The van der Waals surface area contributed by atoms with E-state index in [1.807, 2.05) is 6.92 Å². The number of hydroxylamine groups is 1. The van der Waals surface area contributed by atoms with Gasteiger partial charge in [0.25, 0.3) is 0 Å². The van der Waals surface area contributed by atoms with Crippen LogP contribution in [0.3, 0.4) is 0 Å². The quantitative estimate of drug-likeness (QED) is 0.377. The lowest BCUT2D eigenvalue weighted by molar-refractivity contribution is -0.121. The first kappa shape index (κ1) is 21.1. The Morgan fingerprint density at radius 1 is 1.16 bits per heavy atom. The van der Waals surface area contributed by atoms with Gasteiger partial charge in [-0.25, -0.2) is 0 Å². The van der Waals surface area contributed by atoms with E-state index in [0.717, 1.165) is 20.6 Å². The van der Waals surface area contributed by atoms with Gasteiger partial charge in [0, 0.05) is 0 Å². The second-order valence-corrected chi connectivity index (χ2v) is 5.51. The minimum atomic E-state index is -3.66. The minimum Gasteiger partial charge on any atom is -0.374 e. The zero-order valence-corrected chi connectivity index (χ0v) is 13.2. The minimum absolute atomic E-state index is 0.640. The van der Waals surface area contributed by atoms with Crippen molar-refractivity contribution in [2.75, 3.05) is 20.8 Å². The van der Waals surface area contributed by atoms with Gasteiger partial charge >= 0.3 is 10.4 Å². The monoisotopic (exact) mass is 301 g/mol. The van der Waals surface area contributed by atoms with Crippen LogP contribution in [0.2, 0.25) is 0 Å². The van der Waals surface area contributed by atoms with E-state index in [1.54, 1.807) is 6.92 Å². The average molecular weight is 301 g/mol. The van der Waals surface area contributed by atoms with Crippen LogP contribution < -0.4 is 5.48 Å². The molecule has 0 rings (SSSR count). The molecule has 0 radical (unpaired) electrons. The Labute approximate surface area is 116 Å². The first-order chi connectivity index (χ1) is 8.74. The SMILES string of the molecule is CCCCCONC(C)(O)CC.COS(=O)(=O)OC. The molecule has 1 unspecified atom stereocenters. The smallest absolute Gasteiger partial charge is 0.374 e. The van der Waals surface area contributed by atoms with Gasteiger partial charge in [-0.15, -0.1) is 0 Å². The molecule has 118 valence electrons. The highest BCUT2D eigenvalue weighted by Crippen LogP contribution is 2.03. The summed E-state index contributed by atoms with van der Waals surface area (Å²) >= 11 is 0. The van der Waals surface area contributed by atoms with Gasteiger partial charge in [0.1, 0.15) is 5.72 Å². The predicted molar refractivity (Wildman–Crippen MR) is 72.5 cm³/mol. The molecule has 0 bridgehead atoms. The summed E-state index contributed by atoms with van der Waals surface area (Å²) in [6.07, 6.45) is 4.05. The number of hydrogen-bond donors (Lipinski definition) is 2. The van der Waals surface area contributed by atoms with Crippen LogP contribution in [-0.2, 0) is 23.6 Å². The van der Waals surface area contributed by atoms with E-state index in [0.29, 0.717) is 13.0 Å². The van der Waals surface area contributed by atoms with Gasteiger partial charge in [0.05, 0.1) is 20.8 Å². The van der Waals surface area contributed by atoms with Gasteiger partial charge in [-0.1, -0.05) is 26.7 Å². The Morgan fingerprint density at radius 2 is 1.68 bits per heavy atom. The van der Waals surface area contributed by atoms with E-state index in [1.165, 1.54) is 12.8 Å². The molecule has 0 saturated carbocycles. The van der Waals surface area contributed by atoms with Crippen molar-refractivity contribution in [2.45, 2.75) is 52.2 Å². The van der Waals surface area contributed by atoms with Crippen LogP contribution in [0.4, 0.5) is 0 Å². The van der Waals surface area contributed by atoms with Crippen LogP contribution >= 0.6 is 0 Å². The molecule has 0 aliphatic rings. The van der Waals surface area contributed by atoms with Crippen LogP contribution in [0, 0.1) is 0 Å². The van der Waals surface area contributed by atoms with Crippen LogP contribution in [0.5, 0.6) is 0 Å². The molecule has 0 aromatic carbocycles. The first-order valence-electron chi connectivity index (χ1n) is 6.22. The zero-order valence-electron chi connectivity index (χ0n) is 12.4. The van der Waals surface area contributed by atoms with Gasteiger partial charge in [0.15, 0.2) is 0 Å². The number of unbranched alkanes of at least 4 members (excludes halogenated alkanes) is 2. The van der Waals surface area contributed by atoms with Crippen molar-refractivity contribution in [2.24, 2.45) is 0 Å². The number of hydrogen-bond acceptors (Lipinski definition) is 7. The summed E-state index contributed by atoms with van der Waals surface area (Å²) in [5, 5.41) is 9.44. The van der Waals surface area contributed by atoms with Crippen molar-refractivity contribution >= 4 is 10.4 Å². The standard InChI is InChI=1S/C9H21NO2.C2H6O4S/c1-4-6-7-8-12-10-9(3,11)5-2;1-5-7(3,4)6-2/h10-11H,4-8H2,1-3H3;1-2H3. The Kier molecular flexibility index (Phi) is 12.8. The third kappa shape index (κ3) is 15.7. The number of rotatable bonds is 9. The molecule has 0 heterocycles. The molecule has 0 aromatic heterocycles. The molecule has 1 atom stereocenters. The Morgan fingerprint density at radius 3 is 2.00 bits per heavy atom. The maximum absolute atomic E-state index is 9.92. The molecule has 0 amide bonds. The van der Waals surface area contributed by atoms with Crippen molar-refractivity contribution in [3.8, 4) is 0 Å². The van der Waals surface area contributed by atoms with E-state index in [-0.39, 0.29) is 0 Å². The van der Waals surface area contributed by atoms with Crippen molar-refractivity contribution in [1.29, 1.82) is 0 Å². The Balaban J connectivity index is 0. The predicted octanol–water partition coefficient (Wildman–Crippen LogP) is 1.34. The molecular formula is C11H27NO6S. The Bertz CT molecular complexity index is 282. The summed E-state index contributed by atoms with van der Waals surface area (Å²) < 4.78 is 27.5. The molecule has 0 aromatic rings. The van der Waals surface area contributed by atoms with Gasteiger partial charge in [0.2, 0.25) is 0 Å². The number of aliphatic hydroxyl groups is 1. The molecule has 7 nitrogen and oxygen atoms in total. The number of nitrogens with one attached hydrogen (secondary N) is 1. The highest BCUT2D eigenvalue weighted by Gasteiger charge is 2.15. The molecule has 0 aliphatic heterocycles. The molecule has 0 fully saturated rings. The topological polar surface area (TPSA) is 94.1 Å². The average Bonchev–Trinajstić information content (AvgIpc) is 2.39. The molecule has 0 saturated heterocycles. The lowest BCUT2D eigenvalue weighted by Gasteiger charge is -2.22. The van der Waals surface area contributed by atoms with E-state index in [9.17, 15) is 13.5 Å². The summed E-state index contributed by atoms with van der Waals surface area (Å²) in [7, 11) is -1.60. The highest BCUT2D eigenvalue weighted by atomic mass is 32.3. The summed E-state index contributed by atoms with van der Waals surface area (Å²) in [5.74, 6) is 0. The zero-order chi connectivity index (χ0) is 15.4. The molecule has 0 aliphatic carbocycles. The fourth-order valence-electron chi connectivity index (χ4n) is 0.771. The molecule has 8 heteroatoms. The maximum Gasteiger partial charge on any atom is 0.399 e. The van der Waals surface area contributed by atoms with Crippen molar-refractivity contribution in [1.82, 2.24) is 5.48 Å². The van der Waals surface area contributed by atoms with Crippen LogP contribution in [0.1, 0.15) is 46.5 Å². The maximum atomic E-state index is 9.92. The summed E-state index contributed by atoms with van der Waals surface area (Å²) in [5.41, 5.74) is 1.74. The van der Waals surface area contributed by atoms with Crippen LogP contribution in [-0.4, -0.2) is 40.1 Å². The van der Waals surface area contributed by atoms with Crippen molar-refractivity contribution < 1.29 is 26.7 Å². The third-order valence-electron chi connectivity index (χ3n) is 2.24. The molecule has 0 spiro atoms. The van der Waals surface area contributed by atoms with Gasteiger partial charge < -0.3 is 5.11 Å². The van der Waals surface area contributed by atoms with E-state index < -0.39 is 16.1 Å². The molecule has 2 N–H and O–H groups in total. The first-order valence-corrected chi connectivity index (χ1v) is 7.55. The Hall–Kier alpha value is -0.250. The largest absolute Gasteiger partial charge is 0.399 e. The second-order valence-electron chi connectivity index (χ2n) is 4.03. The third-order valence-corrected chi connectivity index (χ3v) is 3.06. The summed E-state index contributed by atoms with van der Waals surface area (Å²) in [6.45, 7) is 6.43. The molecule has 19 heavy (non-hydrogen) atoms. The van der Waals surface area contributed by atoms with Gasteiger partial charge in [-0.2, -0.15) is 13.9 Å². The normalized spacial score (nSPS) is 14.4. The van der Waals surface area contributed by atoms with Crippen molar-refractivity contribution in [3.63, 3.8) is 0 Å². The second kappa shape index (κ2) is 11.6. The van der Waals surface area contributed by atoms with E-state index in [2.05, 4.69) is 20.8 Å². The van der Waals surface area contributed by atoms with Gasteiger partial charge in [-0.3, -0.25) is 13.2 Å². The summed E-state index contributed by atoms with van der Waals surface area (Å²) in [6, 6.07) is 0. The van der Waals surface area contributed by atoms with Crippen molar-refractivity contribution in [3.05, 3.63) is 0 Å². The van der Waals surface area contributed by atoms with Crippen LogP contribution in [0.25, 0.3) is 0 Å². The fraction of sp³-hybridized carbons (Fsp3) is 1.00. The lowest BCUT2D eigenvalue weighted by atomic mass is 10.2. The fourth-order valence-corrected chi connectivity index (χ4v) is 0.907. The lowest BCUT2D eigenvalue weighted by Crippen LogP contribution is -2.41. The summed E-state index contributed by atoms with van der Waals surface area (Å²) in [4.78, 5) is 5.09.